The lowest BCUT2D eigenvalue weighted by atomic mass is 9.71. The minimum Gasteiger partial charge on any atom is -0.476 e. The second-order valence-corrected chi connectivity index (χ2v) is 7.92. The summed E-state index contributed by atoms with van der Waals surface area (Å²) in [5.74, 6) is 4.93. The molecule has 2 aliphatic rings. The normalized spacial score (nSPS) is 18.4. The molecule has 1 fully saturated rings. The maximum atomic E-state index is 12.2. The van der Waals surface area contributed by atoms with Crippen molar-refractivity contribution in [2.75, 3.05) is 7.05 Å². The van der Waals surface area contributed by atoms with E-state index >= 15 is 0 Å². The number of carboxylic acid groups (broad SMARTS) is 1. The molecule has 1 aromatic carbocycles. The van der Waals surface area contributed by atoms with Gasteiger partial charge in [0.25, 0.3) is 0 Å². The van der Waals surface area contributed by atoms with Gasteiger partial charge in [-0.15, -0.1) is 0 Å². The number of hydrogen-bond acceptors (Lipinski definition) is 4. The van der Waals surface area contributed by atoms with E-state index in [2.05, 4.69) is 0 Å². The average molecular weight is 354 g/mol. The smallest absolute Gasteiger partial charge is 0.354 e. The summed E-state index contributed by atoms with van der Waals surface area (Å²) in [6.45, 7) is 0.531. The number of hydrogen-bond donors (Lipinski definition) is 2. The van der Waals surface area contributed by atoms with Crippen LogP contribution in [-0.2, 0) is 19.4 Å². The predicted molar refractivity (Wildman–Crippen MR) is 99.1 cm³/mol. The number of aromatic carboxylic acids is 1. The number of nitrogens with two attached hydrogens (primary N) is 1. The van der Waals surface area contributed by atoms with Crippen LogP contribution >= 0.6 is 0 Å². The van der Waals surface area contributed by atoms with Crippen LogP contribution in [0.2, 0.25) is 0 Å². The van der Waals surface area contributed by atoms with Gasteiger partial charge in [0.1, 0.15) is 0 Å². The minimum absolute atomic E-state index is 0.294. The topological polar surface area (TPSA) is 84.4 Å². The Labute approximate surface area is 153 Å². The molecule has 0 bridgehead atoms. The molecule has 2 aromatic rings. The van der Waals surface area contributed by atoms with E-state index in [4.69, 9.17) is 10.9 Å². The van der Waals surface area contributed by atoms with Crippen LogP contribution in [-0.4, -0.2) is 32.9 Å². The average Bonchev–Trinajstić information content (AvgIpc) is 3.19. The first kappa shape index (κ1) is 17.2. The van der Waals surface area contributed by atoms with E-state index in [1.54, 1.807) is 16.7 Å². The van der Waals surface area contributed by atoms with Gasteiger partial charge < -0.3 is 5.11 Å². The largest absolute Gasteiger partial charge is 0.476 e. The number of hydrazine groups is 1. The number of para-hydroxylation sites is 1. The zero-order valence-electron chi connectivity index (χ0n) is 15.2. The number of aryl methyl sites for hydroxylation is 1. The fourth-order valence-electron chi connectivity index (χ4n) is 4.79. The third-order valence-electron chi connectivity index (χ3n) is 6.02. The van der Waals surface area contributed by atoms with Crippen molar-refractivity contribution in [3.8, 4) is 5.69 Å². The predicted octanol–water partition coefficient (Wildman–Crippen LogP) is 2.93. The molecule has 3 N–H and O–H groups in total. The lowest BCUT2D eigenvalue weighted by Crippen LogP contribution is -2.26. The van der Waals surface area contributed by atoms with Crippen molar-refractivity contribution in [3.63, 3.8) is 0 Å². The summed E-state index contributed by atoms with van der Waals surface area (Å²) >= 11 is 0. The molecule has 6 heteroatoms. The van der Waals surface area contributed by atoms with Gasteiger partial charge in [-0.25, -0.2) is 14.5 Å². The van der Waals surface area contributed by atoms with Crippen molar-refractivity contribution in [3.05, 3.63) is 46.8 Å². The molecule has 2 aliphatic carbocycles. The van der Waals surface area contributed by atoms with Crippen molar-refractivity contribution in [1.82, 2.24) is 14.8 Å². The van der Waals surface area contributed by atoms with Crippen molar-refractivity contribution in [2.45, 2.75) is 51.5 Å². The van der Waals surface area contributed by atoms with Gasteiger partial charge in [-0.3, -0.25) is 5.84 Å². The number of carboxylic acids is 1. The quantitative estimate of drug-likeness (QED) is 0.651. The second-order valence-electron chi connectivity index (χ2n) is 7.92. The summed E-state index contributed by atoms with van der Waals surface area (Å²) in [5.41, 5.74) is 4.30. The van der Waals surface area contributed by atoms with Gasteiger partial charge in [0.2, 0.25) is 0 Å². The summed E-state index contributed by atoms with van der Waals surface area (Å²) in [4.78, 5) is 12.2. The van der Waals surface area contributed by atoms with Crippen LogP contribution in [0.3, 0.4) is 0 Å². The number of nitrogens with zero attached hydrogens (tertiary/aromatic N) is 3. The van der Waals surface area contributed by atoms with Crippen LogP contribution in [0.5, 0.6) is 0 Å². The number of fused-ring (bicyclic) bond motifs is 1. The second kappa shape index (κ2) is 6.52. The van der Waals surface area contributed by atoms with E-state index in [1.807, 2.05) is 24.3 Å². The molecule has 6 nitrogen and oxygen atoms in total. The Bertz CT molecular complexity index is 834. The van der Waals surface area contributed by atoms with Gasteiger partial charge in [0.15, 0.2) is 5.69 Å². The van der Waals surface area contributed by atoms with Crippen LogP contribution in [0.15, 0.2) is 24.3 Å². The van der Waals surface area contributed by atoms with Crippen molar-refractivity contribution in [1.29, 1.82) is 0 Å². The first-order chi connectivity index (χ1) is 12.5. The summed E-state index contributed by atoms with van der Waals surface area (Å²) < 4.78 is 1.64. The van der Waals surface area contributed by atoms with Crippen LogP contribution in [0.1, 0.15) is 59.4 Å². The zero-order chi connectivity index (χ0) is 18.3. The van der Waals surface area contributed by atoms with Crippen molar-refractivity contribution < 1.29 is 9.90 Å². The lowest BCUT2D eigenvalue weighted by Gasteiger charge is -2.32. The molecule has 1 saturated carbocycles. The Kier molecular flexibility index (Phi) is 4.32. The third-order valence-corrected chi connectivity index (χ3v) is 6.02. The van der Waals surface area contributed by atoms with Gasteiger partial charge in [0.05, 0.1) is 11.4 Å². The van der Waals surface area contributed by atoms with E-state index < -0.39 is 5.97 Å². The summed E-state index contributed by atoms with van der Waals surface area (Å²) in [5, 5.41) is 16.3. The fraction of sp³-hybridized carbons (Fsp3) is 0.500. The number of carbonyl (C=O) groups is 1. The molecular formula is C20H26N4O2. The molecule has 26 heavy (non-hydrogen) atoms. The molecule has 0 radical (unpaired) electrons. The van der Waals surface area contributed by atoms with Crippen molar-refractivity contribution >= 4 is 5.97 Å². The molecule has 1 spiro atoms. The van der Waals surface area contributed by atoms with Crippen LogP contribution in [0.25, 0.3) is 5.69 Å². The Balaban J connectivity index is 1.82. The van der Waals surface area contributed by atoms with Gasteiger partial charge in [-0.05, 0) is 49.1 Å². The summed E-state index contributed by atoms with van der Waals surface area (Å²) in [7, 11) is 1.80. The number of rotatable bonds is 4. The molecule has 4 rings (SSSR count). The highest BCUT2D eigenvalue weighted by molar-refractivity contribution is 5.89. The molecule has 0 saturated heterocycles. The van der Waals surface area contributed by atoms with Gasteiger partial charge in [-0.2, -0.15) is 5.10 Å². The van der Waals surface area contributed by atoms with E-state index in [9.17, 15) is 9.90 Å². The Morgan fingerprint density at radius 3 is 2.73 bits per heavy atom. The zero-order valence-corrected chi connectivity index (χ0v) is 15.2. The fourth-order valence-corrected chi connectivity index (χ4v) is 4.79. The SMILES string of the molecule is CN(N)Cc1ccccc1-n1nc2c(c1C(=O)O)CC1(CCCC1)CC2. The molecule has 0 atom stereocenters. The highest BCUT2D eigenvalue weighted by Crippen LogP contribution is 2.48. The van der Waals surface area contributed by atoms with E-state index in [0.717, 1.165) is 41.8 Å². The van der Waals surface area contributed by atoms with Gasteiger partial charge in [0, 0.05) is 19.2 Å². The summed E-state index contributed by atoms with van der Waals surface area (Å²) in [6, 6.07) is 7.76. The first-order valence-electron chi connectivity index (χ1n) is 9.37. The molecule has 0 amide bonds. The molecule has 1 heterocycles. The van der Waals surface area contributed by atoms with Crippen LogP contribution in [0.4, 0.5) is 0 Å². The number of benzene rings is 1. The maximum absolute atomic E-state index is 12.2. The molecule has 1 aromatic heterocycles. The third kappa shape index (κ3) is 2.93. The number of aromatic nitrogens is 2. The molecule has 138 valence electrons. The molecular weight excluding hydrogens is 328 g/mol. The monoisotopic (exact) mass is 354 g/mol. The lowest BCUT2D eigenvalue weighted by molar-refractivity contribution is 0.0684. The summed E-state index contributed by atoms with van der Waals surface area (Å²) in [6.07, 6.45) is 7.80. The van der Waals surface area contributed by atoms with Crippen LogP contribution < -0.4 is 5.84 Å². The highest BCUT2D eigenvalue weighted by Gasteiger charge is 2.40. The van der Waals surface area contributed by atoms with E-state index in [0.29, 0.717) is 17.7 Å². The Morgan fingerprint density at radius 2 is 2.04 bits per heavy atom. The Hall–Kier alpha value is -2.18. The standard InChI is InChI=1S/C20H26N4O2/c1-23(21)13-14-6-2-3-7-17(14)24-18(19(25)26)15-12-20(9-4-5-10-20)11-8-16(15)22-24/h2-3,6-7H,4-5,8-13,21H2,1H3,(H,25,26). The molecule has 0 unspecified atom stereocenters. The maximum Gasteiger partial charge on any atom is 0.354 e. The van der Waals surface area contributed by atoms with Crippen LogP contribution in [0, 0.1) is 5.41 Å². The van der Waals surface area contributed by atoms with Gasteiger partial charge >= 0.3 is 5.97 Å². The van der Waals surface area contributed by atoms with Crippen molar-refractivity contribution in [2.24, 2.45) is 11.3 Å². The van der Waals surface area contributed by atoms with E-state index in [1.165, 1.54) is 25.7 Å². The van der Waals surface area contributed by atoms with E-state index in [-0.39, 0.29) is 0 Å². The van der Waals surface area contributed by atoms with Gasteiger partial charge in [-0.1, -0.05) is 31.0 Å². The molecule has 0 aliphatic heterocycles. The highest BCUT2D eigenvalue weighted by atomic mass is 16.4. The Morgan fingerprint density at radius 1 is 1.31 bits per heavy atom. The first-order valence-corrected chi connectivity index (χ1v) is 9.37. The minimum atomic E-state index is -0.898.